The number of hydrazone groups is 1. The Bertz CT molecular complexity index is 513. The van der Waals surface area contributed by atoms with Crippen LogP contribution in [0.1, 0.15) is 12.7 Å². The third-order valence-corrected chi connectivity index (χ3v) is 2.09. The molecule has 0 aliphatic heterocycles. The van der Waals surface area contributed by atoms with Crippen molar-refractivity contribution in [2.75, 3.05) is 27.7 Å². The van der Waals surface area contributed by atoms with E-state index in [2.05, 4.69) is 10.5 Å². The van der Waals surface area contributed by atoms with Crippen LogP contribution >= 0.6 is 0 Å². The van der Waals surface area contributed by atoms with E-state index in [0.717, 1.165) is 0 Å². The molecule has 1 heterocycles. The van der Waals surface area contributed by atoms with Gasteiger partial charge in [-0.1, -0.05) is 0 Å². The minimum absolute atomic E-state index is 0.243. The van der Waals surface area contributed by atoms with E-state index < -0.39 is 4.92 Å². The van der Waals surface area contributed by atoms with Gasteiger partial charge in [-0.3, -0.25) is 14.9 Å². The molecule has 0 atom stereocenters. The van der Waals surface area contributed by atoms with Crippen LogP contribution in [0.15, 0.2) is 21.7 Å². The summed E-state index contributed by atoms with van der Waals surface area (Å²) in [5, 5.41) is 14.3. The van der Waals surface area contributed by atoms with Gasteiger partial charge in [-0.15, -0.1) is 0 Å². The number of likely N-dealkylation sites (N-methyl/N-ethyl adjacent to an activating group) is 1. The second-order valence-electron chi connectivity index (χ2n) is 5.08. The molecule has 8 heteroatoms. The Morgan fingerprint density at radius 2 is 2.11 bits per heavy atom. The van der Waals surface area contributed by atoms with Gasteiger partial charge < -0.3 is 8.90 Å². The lowest BCUT2D eigenvalue weighted by atomic mass is 10.3. The van der Waals surface area contributed by atoms with E-state index in [-0.39, 0.29) is 24.1 Å². The summed E-state index contributed by atoms with van der Waals surface area (Å²) in [6.45, 7) is 1.86. The summed E-state index contributed by atoms with van der Waals surface area (Å²) < 4.78 is 5.43. The van der Waals surface area contributed by atoms with Crippen LogP contribution in [0.5, 0.6) is 0 Å². The number of carbonyl (C=O) groups excluding carboxylic acids is 1. The number of furan rings is 1. The van der Waals surface area contributed by atoms with Gasteiger partial charge in [0.1, 0.15) is 10.6 Å². The Balaban J connectivity index is 2.66. The van der Waals surface area contributed by atoms with Gasteiger partial charge >= 0.3 is 5.88 Å². The average Bonchev–Trinajstić information content (AvgIpc) is 2.72. The SMILES string of the molecule is C/C(=N\NC(=O)C[N+](C)(C)C)c1ccc([N+](=O)[O-])o1. The Hall–Kier alpha value is -2.22. The smallest absolute Gasteiger partial charge is 0.399 e. The summed E-state index contributed by atoms with van der Waals surface area (Å²) in [4.78, 5) is 21.4. The molecule has 1 amide bonds. The maximum absolute atomic E-state index is 11.5. The summed E-state index contributed by atoms with van der Waals surface area (Å²) in [6.07, 6.45) is 0. The highest BCUT2D eigenvalue weighted by atomic mass is 16.6. The minimum atomic E-state index is -0.632. The summed E-state index contributed by atoms with van der Waals surface area (Å²) in [5.74, 6) is -0.354. The summed E-state index contributed by atoms with van der Waals surface area (Å²) in [7, 11) is 5.64. The third-order valence-electron chi connectivity index (χ3n) is 2.09. The summed E-state index contributed by atoms with van der Waals surface area (Å²) in [6, 6.07) is 2.67. The maximum atomic E-state index is 11.5. The van der Waals surface area contributed by atoms with Gasteiger partial charge in [0.15, 0.2) is 12.3 Å². The monoisotopic (exact) mass is 269 g/mol. The number of amides is 1. The fourth-order valence-corrected chi connectivity index (χ4v) is 1.29. The van der Waals surface area contributed by atoms with Crippen LogP contribution in [-0.4, -0.2) is 48.7 Å². The minimum Gasteiger partial charge on any atom is -0.399 e. The number of rotatable bonds is 5. The standard InChI is InChI=1S/C11H16N4O4/c1-8(9-5-6-11(19-9)14(17)18)12-13-10(16)7-15(2,3)4/h5-6H,7H2,1-4H3/p+1/b12-8+. The molecule has 0 aliphatic rings. The molecule has 0 spiro atoms. The van der Waals surface area contributed by atoms with Crippen LogP contribution < -0.4 is 5.43 Å². The lowest BCUT2D eigenvalue weighted by Gasteiger charge is -2.22. The second kappa shape index (κ2) is 5.61. The highest BCUT2D eigenvalue weighted by molar-refractivity contribution is 5.97. The molecule has 0 saturated heterocycles. The van der Waals surface area contributed by atoms with Gasteiger partial charge in [0.25, 0.3) is 5.91 Å². The fourth-order valence-electron chi connectivity index (χ4n) is 1.29. The van der Waals surface area contributed by atoms with Gasteiger partial charge in [-0.2, -0.15) is 5.10 Å². The number of carbonyl (C=O) groups is 1. The van der Waals surface area contributed by atoms with Crippen molar-refractivity contribution in [2.45, 2.75) is 6.92 Å². The van der Waals surface area contributed by atoms with Crippen molar-refractivity contribution < 1.29 is 18.6 Å². The molecule has 0 radical (unpaired) electrons. The molecule has 0 aromatic carbocycles. The number of nitro groups is 1. The molecule has 1 rings (SSSR count). The molecule has 0 bridgehead atoms. The Kier molecular flexibility index (Phi) is 4.38. The van der Waals surface area contributed by atoms with E-state index in [1.54, 1.807) is 6.92 Å². The van der Waals surface area contributed by atoms with Crippen LogP contribution in [0.25, 0.3) is 0 Å². The fraction of sp³-hybridized carbons (Fsp3) is 0.455. The highest BCUT2D eigenvalue weighted by Crippen LogP contribution is 2.15. The molecule has 8 nitrogen and oxygen atoms in total. The van der Waals surface area contributed by atoms with Crippen LogP contribution in [0.4, 0.5) is 5.88 Å². The van der Waals surface area contributed by atoms with E-state index in [9.17, 15) is 14.9 Å². The first-order valence-electron chi connectivity index (χ1n) is 5.57. The normalized spacial score (nSPS) is 12.3. The molecule has 19 heavy (non-hydrogen) atoms. The van der Waals surface area contributed by atoms with E-state index in [1.807, 2.05) is 21.1 Å². The maximum Gasteiger partial charge on any atom is 0.433 e. The van der Waals surface area contributed by atoms with Crippen molar-refractivity contribution >= 4 is 17.5 Å². The zero-order valence-corrected chi connectivity index (χ0v) is 11.3. The molecule has 1 aromatic rings. The van der Waals surface area contributed by atoms with Crippen LogP contribution in [0.3, 0.4) is 0 Å². The molecule has 0 unspecified atom stereocenters. The van der Waals surface area contributed by atoms with E-state index in [0.29, 0.717) is 10.2 Å². The number of quaternary nitrogens is 1. The quantitative estimate of drug-likeness (QED) is 0.369. The van der Waals surface area contributed by atoms with Crippen molar-refractivity contribution in [3.05, 3.63) is 28.0 Å². The predicted octanol–water partition coefficient (Wildman–Crippen LogP) is 0.734. The number of nitrogens with one attached hydrogen (secondary N) is 1. The number of hydrogen-bond donors (Lipinski definition) is 1. The zero-order chi connectivity index (χ0) is 14.6. The van der Waals surface area contributed by atoms with Gasteiger partial charge in [0.05, 0.1) is 27.2 Å². The van der Waals surface area contributed by atoms with Crippen molar-refractivity contribution in [3.8, 4) is 0 Å². The van der Waals surface area contributed by atoms with Gasteiger partial charge in [0.2, 0.25) is 0 Å². The number of hydrogen-bond acceptors (Lipinski definition) is 5. The molecule has 1 N–H and O–H groups in total. The van der Waals surface area contributed by atoms with Gasteiger partial charge in [-0.25, -0.2) is 5.43 Å². The van der Waals surface area contributed by atoms with Crippen LogP contribution in [-0.2, 0) is 4.79 Å². The Morgan fingerprint density at radius 1 is 1.47 bits per heavy atom. The third kappa shape index (κ3) is 4.88. The lowest BCUT2D eigenvalue weighted by Crippen LogP contribution is -2.43. The van der Waals surface area contributed by atoms with Crippen molar-refractivity contribution in [1.29, 1.82) is 0 Å². The first-order valence-corrected chi connectivity index (χ1v) is 5.57. The average molecular weight is 269 g/mol. The number of nitrogens with zero attached hydrogens (tertiary/aromatic N) is 3. The lowest BCUT2D eigenvalue weighted by molar-refractivity contribution is -0.862. The van der Waals surface area contributed by atoms with Crippen molar-refractivity contribution in [3.63, 3.8) is 0 Å². The zero-order valence-electron chi connectivity index (χ0n) is 11.3. The molecule has 0 fully saturated rings. The van der Waals surface area contributed by atoms with Crippen LogP contribution in [0.2, 0.25) is 0 Å². The van der Waals surface area contributed by atoms with E-state index >= 15 is 0 Å². The Morgan fingerprint density at radius 3 is 2.58 bits per heavy atom. The van der Waals surface area contributed by atoms with E-state index in [4.69, 9.17) is 4.42 Å². The van der Waals surface area contributed by atoms with Gasteiger partial charge in [0, 0.05) is 0 Å². The van der Waals surface area contributed by atoms with Crippen molar-refractivity contribution in [2.24, 2.45) is 5.10 Å². The Labute approximate surface area is 110 Å². The molecule has 0 saturated carbocycles. The molecule has 1 aromatic heterocycles. The molecular weight excluding hydrogens is 252 g/mol. The molecule has 0 aliphatic carbocycles. The second-order valence-corrected chi connectivity index (χ2v) is 5.08. The predicted molar refractivity (Wildman–Crippen MR) is 68.6 cm³/mol. The van der Waals surface area contributed by atoms with Crippen LogP contribution in [0, 0.1) is 10.1 Å². The molecule has 104 valence electrons. The van der Waals surface area contributed by atoms with Crippen molar-refractivity contribution in [1.82, 2.24) is 5.43 Å². The molecular formula is C11H17N4O4+. The van der Waals surface area contributed by atoms with E-state index in [1.165, 1.54) is 12.1 Å². The summed E-state index contributed by atoms with van der Waals surface area (Å²) >= 11 is 0. The first kappa shape index (κ1) is 14.8. The largest absolute Gasteiger partial charge is 0.433 e. The highest BCUT2D eigenvalue weighted by Gasteiger charge is 2.15. The summed E-state index contributed by atoms with van der Waals surface area (Å²) in [5.41, 5.74) is 2.74. The first-order chi connectivity index (χ1) is 8.69. The van der Waals surface area contributed by atoms with Gasteiger partial charge in [-0.05, 0) is 13.0 Å². The topological polar surface area (TPSA) is 97.7 Å².